The maximum Gasteiger partial charge on any atom is 0.145 e. The topological polar surface area (TPSA) is 37.3 Å². The molecule has 0 saturated heterocycles. The maximum absolute atomic E-state index is 10.9. The average molecular weight is 236 g/mol. The molecule has 0 radical (unpaired) electrons. The molecule has 17 heavy (non-hydrogen) atoms. The Morgan fingerprint density at radius 3 is 2.76 bits per heavy atom. The molecule has 0 bridgehead atoms. The van der Waals surface area contributed by atoms with Crippen LogP contribution < -0.4 is 0 Å². The first-order chi connectivity index (χ1) is 7.95. The van der Waals surface area contributed by atoms with Crippen LogP contribution in [0.25, 0.3) is 0 Å². The Labute approximate surface area is 104 Å². The summed E-state index contributed by atoms with van der Waals surface area (Å²) in [6, 6.07) is 0. The first-order valence-electron chi connectivity index (χ1n) is 6.84. The number of carbonyl (C=O) groups excluding carboxylic acids is 1. The molecule has 4 atom stereocenters. The molecule has 0 aromatic heterocycles. The molecule has 2 aliphatic rings. The van der Waals surface area contributed by atoms with Gasteiger partial charge >= 0.3 is 0 Å². The zero-order chi connectivity index (χ0) is 12.6. The molecule has 0 heterocycles. The largest absolute Gasteiger partial charge is 0.390 e. The second-order valence-electron chi connectivity index (χ2n) is 6.39. The number of fused-ring (bicyclic) bond motifs is 1. The fourth-order valence-corrected chi connectivity index (χ4v) is 3.82. The van der Waals surface area contributed by atoms with Crippen molar-refractivity contribution in [2.45, 2.75) is 52.1 Å². The van der Waals surface area contributed by atoms with Crippen LogP contribution in [-0.2, 0) is 4.79 Å². The van der Waals surface area contributed by atoms with Crippen molar-refractivity contribution in [3.63, 3.8) is 0 Å². The summed E-state index contributed by atoms with van der Waals surface area (Å²) >= 11 is 0. The third kappa shape index (κ3) is 2.33. The number of aliphatic hydroxyl groups is 1. The molecule has 0 unspecified atom stereocenters. The highest BCUT2D eigenvalue weighted by atomic mass is 16.3. The van der Waals surface area contributed by atoms with Crippen LogP contribution in [0.2, 0.25) is 0 Å². The van der Waals surface area contributed by atoms with Crippen LogP contribution in [0.1, 0.15) is 46.5 Å². The minimum Gasteiger partial charge on any atom is -0.390 e. The molecule has 2 nitrogen and oxygen atoms in total. The first-order valence-corrected chi connectivity index (χ1v) is 6.84. The predicted molar refractivity (Wildman–Crippen MR) is 68.5 cm³/mol. The van der Waals surface area contributed by atoms with Crippen molar-refractivity contribution in [3.05, 3.63) is 11.6 Å². The molecule has 2 rings (SSSR count). The third-order valence-electron chi connectivity index (χ3n) is 4.90. The number of aldehydes is 1. The summed E-state index contributed by atoms with van der Waals surface area (Å²) in [6.45, 7) is 6.48. The van der Waals surface area contributed by atoms with Crippen LogP contribution >= 0.6 is 0 Å². The van der Waals surface area contributed by atoms with Crippen molar-refractivity contribution in [3.8, 4) is 0 Å². The Kier molecular flexibility index (Phi) is 3.44. The van der Waals surface area contributed by atoms with E-state index in [2.05, 4.69) is 19.9 Å². The Hall–Kier alpha value is -0.630. The highest BCUT2D eigenvalue weighted by Gasteiger charge is 2.46. The summed E-state index contributed by atoms with van der Waals surface area (Å²) in [7, 11) is 0. The van der Waals surface area contributed by atoms with Gasteiger partial charge in [-0.1, -0.05) is 19.9 Å². The molecular formula is C15H24O2. The second-order valence-corrected chi connectivity index (χ2v) is 6.39. The first kappa shape index (κ1) is 12.8. The van der Waals surface area contributed by atoms with Crippen molar-refractivity contribution in [2.75, 3.05) is 0 Å². The Bertz CT molecular complexity index is 328. The van der Waals surface area contributed by atoms with Gasteiger partial charge in [0.05, 0.1) is 5.60 Å². The van der Waals surface area contributed by atoms with Crippen LogP contribution in [0.3, 0.4) is 0 Å². The lowest BCUT2D eigenvalue weighted by Gasteiger charge is -2.49. The van der Waals surface area contributed by atoms with E-state index in [9.17, 15) is 9.90 Å². The zero-order valence-corrected chi connectivity index (χ0v) is 11.1. The number of rotatable bonds is 2. The molecule has 1 saturated carbocycles. The molecule has 0 amide bonds. The lowest BCUT2D eigenvalue weighted by atomic mass is 9.58. The summed E-state index contributed by atoms with van der Waals surface area (Å²) < 4.78 is 0. The van der Waals surface area contributed by atoms with Gasteiger partial charge in [0.2, 0.25) is 0 Å². The quantitative estimate of drug-likeness (QED) is 0.748. The molecule has 2 heteroatoms. The molecule has 0 aromatic rings. The van der Waals surface area contributed by atoms with E-state index < -0.39 is 5.60 Å². The molecule has 1 fully saturated rings. The van der Waals surface area contributed by atoms with Crippen molar-refractivity contribution < 1.29 is 9.90 Å². The summed E-state index contributed by atoms with van der Waals surface area (Å²) in [5.74, 6) is 1.98. The van der Waals surface area contributed by atoms with Crippen LogP contribution in [0.15, 0.2) is 11.6 Å². The molecule has 0 spiro atoms. The van der Waals surface area contributed by atoms with Gasteiger partial charge in [-0.25, -0.2) is 0 Å². The van der Waals surface area contributed by atoms with Crippen LogP contribution in [-0.4, -0.2) is 17.0 Å². The van der Waals surface area contributed by atoms with Gasteiger partial charge in [0.25, 0.3) is 0 Å². The summed E-state index contributed by atoms with van der Waals surface area (Å²) in [5.41, 5.74) is 0.399. The van der Waals surface area contributed by atoms with Gasteiger partial charge in [0.1, 0.15) is 6.29 Å². The van der Waals surface area contributed by atoms with Crippen molar-refractivity contribution in [1.29, 1.82) is 0 Å². The van der Waals surface area contributed by atoms with Crippen LogP contribution in [0.5, 0.6) is 0 Å². The zero-order valence-electron chi connectivity index (χ0n) is 11.1. The van der Waals surface area contributed by atoms with E-state index >= 15 is 0 Å². The number of allylic oxidation sites excluding steroid dienone is 2. The van der Waals surface area contributed by atoms with Crippen LogP contribution in [0, 0.1) is 23.7 Å². The van der Waals surface area contributed by atoms with Crippen molar-refractivity contribution in [2.24, 2.45) is 23.7 Å². The molecule has 0 aliphatic heterocycles. The maximum atomic E-state index is 10.9. The Morgan fingerprint density at radius 2 is 2.18 bits per heavy atom. The number of hydrogen-bond acceptors (Lipinski definition) is 2. The van der Waals surface area contributed by atoms with E-state index in [0.29, 0.717) is 23.7 Å². The highest BCUT2D eigenvalue weighted by Crippen LogP contribution is 2.49. The van der Waals surface area contributed by atoms with Gasteiger partial charge in [0, 0.05) is 0 Å². The van der Waals surface area contributed by atoms with E-state index in [1.165, 1.54) is 0 Å². The molecular weight excluding hydrogens is 212 g/mol. The fraction of sp³-hybridized carbons (Fsp3) is 0.800. The van der Waals surface area contributed by atoms with Crippen LogP contribution in [0.4, 0.5) is 0 Å². The Balaban J connectivity index is 2.30. The highest BCUT2D eigenvalue weighted by molar-refractivity contribution is 5.73. The smallest absolute Gasteiger partial charge is 0.145 e. The van der Waals surface area contributed by atoms with Crippen molar-refractivity contribution >= 4 is 6.29 Å². The predicted octanol–water partition coefficient (Wildman–Crippen LogP) is 2.95. The SMILES string of the molecule is CC(C)[C@@H]1CC[C@@](C)(O)[C@@H]2CCC(C=O)=C[C@H]21. The van der Waals surface area contributed by atoms with Gasteiger partial charge in [-0.2, -0.15) is 0 Å². The summed E-state index contributed by atoms with van der Waals surface area (Å²) in [5, 5.41) is 10.5. The molecule has 2 aliphatic carbocycles. The standard InChI is InChI=1S/C15H24O2/c1-10(2)12-6-7-15(3,17)14-5-4-11(9-16)8-13(12)14/h8-10,12-14,17H,4-7H2,1-3H3/t12-,13-,14+,15+/m0/s1. The lowest BCUT2D eigenvalue weighted by molar-refractivity contribution is -0.106. The lowest BCUT2D eigenvalue weighted by Crippen LogP contribution is -2.48. The van der Waals surface area contributed by atoms with E-state index in [1.807, 2.05) is 6.92 Å². The molecule has 1 N–H and O–H groups in total. The third-order valence-corrected chi connectivity index (χ3v) is 4.90. The monoisotopic (exact) mass is 236 g/mol. The minimum absolute atomic E-state index is 0.340. The van der Waals surface area contributed by atoms with Gasteiger partial charge in [-0.3, -0.25) is 4.79 Å². The Morgan fingerprint density at radius 1 is 1.47 bits per heavy atom. The van der Waals surface area contributed by atoms with Crippen molar-refractivity contribution in [1.82, 2.24) is 0 Å². The molecule has 0 aromatic carbocycles. The van der Waals surface area contributed by atoms with Gasteiger partial charge < -0.3 is 5.11 Å². The van der Waals surface area contributed by atoms with Gasteiger partial charge in [-0.05, 0) is 61.9 Å². The van der Waals surface area contributed by atoms with Gasteiger partial charge in [-0.15, -0.1) is 0 Å². The van der Waals surface area contributed by atoms with E-state index in [-0.39, 0.29) is 0 Å². The van der Waals surface area contributed by atoms with E-state index in [1.54, 1.807) is 0 Å². The summed E-state index contributed by atoms with van der Waals surface area (Å²) in [6.07, 6.45) is 6.93. The van der Waals surface area contributed by atoms with Gasteiger partial charge in [0.15, 0.2) is 0 Å². The molecule has 96 valence electrons. The van der Waals surface area contributed by atoms with E-state index in [0.717, 1.165) is 37.5 Å². The minimum atomic E-state index is -0.541. The summed E-state index contributed by atoms with van der Waals surface area (Å²) in [4.78, 5) is 10.9. The number of carbonyl (C=O) groups is 1. The average Bonchev–Trinajstić information content (AvgIpc) is 2.27. The second kappa shape index (κ2) is 4.56. The fourth-order valence-electron chi connectivity index (χ4n) is 3.82. The normalized spacial score (nSPS) is 41.9. The number of hydrogen-bond donors (Lipinski definition) is 1. The van der Waals surface area contributed by atoms with E-state index in [4.69, 9.17) is 0 Å².